The molecule has 1 aliphatic heterocycles. The van der Waals surface area contributed by atoms with Gasteiger partial charge in [0.25, 0.3) is 5.91 Å². The number of carbonyl (C=O) groups excluding carboxylic acids is 1. The molecule has 4 rings (SSSR count). The summed E-state index contributed by atoms with van der Waals surface area (Å²) >= 11 is 0. The van der Waals surface area contributed by atoms with Crippen LogP contribution >= 0.6 is 0 Å². The van der Waals surface area contributed by atoms with Gasteiger partial charge >= 0.3 is 0 Å². The fourth-order valence-corrected chi connectivity index (χ4v) is 2.96. The summed E-state index contributed by atoms with van der Waals surface area (Å²) in [6.07, 6.45) is 0. The number of halogens is 1. The van der Waals surface area contributed by atoms with E-state index in [1.54, 1.807) is 24.0 Å². The minimum atomic E-state index is -0.384. The minimum Gasteiger partial charge on any atom is -0.355 e. The van der Waals surface area contributed by atoms with Gasteiger partial charge in [-0.3, -0.25) is 9.69 Å². The normalized spacial score (nSPS) is 13.9. The molecule has 2 aromatic carbocycles. The van der Waals surface area contributed by atoms with Gasteiger partial charge in [0.1, 0.15) is 5.82 Å². The summed E-state index contributed by atoms with van der Waals surface area (Å²) in [5, 5.41) is 0. The van der Waals surface area contributed by atoms with Crippen molar-refractivity contribution in [2.24, 2.45) is 0 Å². The van der Waals surface area contributed by atoms with E-state index < -0.39 is 0 Å². The highest BCUT2D eigenvalue weighted by Crippen LogP contribution is 2.31. The van der Waals surface area contributed by atoms with Gasteiger partial charge in [-0.25, -0.2) is 14.4 Å². The third kappa shape index (κ3) is 2.59. The van der Waals surface area contributed by atoms with Crippen LogP contribution in [0.1, 0.15) is 15.9 Å². The Morgan fingerprint density at radius 3 is 2.40 bits per heavy atom. The van der Waals surface area contributed by atoms with Crippen LogP contribution < -0.4 is 9.80 Å². The molecule has 2 heterocycles. The highest BCUT2D eigenvalue weighted by molar-refractivity contribution is 6.08. The topological polar surface area (TPSA) is 49.3 Å². The van der Waals surface area contributed by atoms with Crippen LogP contribution in [0.3, 0.4) is 0 Å². The van der Waals surface area contributed by atoms with Gasteiger partial charge in [-0.2, -0.15) is 0 Å². The number of hydrogen-bond acceptors (Lipinski definition) is 4. The molecular weight excluding hydrogens is 319 g/mol. The van der Waals surface area contributed by atoms with Crippen molar-refractivity contribution in [1.82, 2.24) is 9.97 Å². The smallest absolute Gasteiger partial charge is 0.259 e. The van der Waals surface area contributed by atoms with E-state index in [0.29, 0.717) is 35.9 Å². The maximum absolute atomic E-state index is 13.9. The molecule has 3 aromatic rings. The predicted molar refractivity (Wildman–Crippen MR) is 95.6 cm³/mol. The molecule has 25 heavy (non-hydrogen) atoms. The maximum atomic E-state index is 13.9. The molecular formula is C19H17FN4O. The highest BCUT2D eigenvalue weighted by Gasteiger charge is 2.29. The molecule has 0 saturated heterocycles. The average molecular weight is 336 g/mol. The first-order chi connectivity index (χ1) is 12.0. The number of carbonyl (C=O) groups is 1. The van der Waals surface area contributed by atoms with Crippen molar-refractivity contribution in [2.75, 3.05) is 29.9 Å². The number of rotatable bonds is 1. The Balaban J connectivity index is 1.82. The lowest BCUT2D eigenvalue weighted by Crippen LogP contribution is -2.43. The Labute approximate surface area is 144 Å². The summed E-state index contributed by atoms with van der Waals surface area (Å²) in [5.41, 5.74) is 2.34. The number of anilines is 2. The Morgan fingerprint density at radius 1 is 1.04 bits per heavy atom. The van der Waals surface area contributed by atoms with Gasteiger partial charge in [-0.05, 0) is 36.8 Å². The Morgan fingerprint density at radius 2 is 1.72 bits per heavy atom. The lowest BCUT2D eigenvalue weighted by Gasteiger charge is -2.33. The van der Waals surface area contributed by atoms with Crippen molar-refractivity contribution in [3.63, 3.8) is 0 Å². The molecule has 0 saturated carbocycles. The van der Waals surface area contributed by atoms with Gasteiger partial charge in [0.2, 0.25) is 0 Å². The average Bonchev–Trinajstić information content (AvgIpc) is 2.62. The summed E-state index contributed by atoms with van der Waals surface area (Å²) in [7, 11) is 1.93. The molecule has 0 atom stereocenters. The molecule has 0 spiro atoms. The zero-order valence-corrected chi connectivity index (χ0v) is 14.0. The first-order valence-corrected chi connectivity index (χ1v) is 8.10. The predicted octanol–water partition coefficient (Wildman–Crippen LogP) is 3.17. The van der Waals surface area contributed by atoms with E-state index in [-0.39, 0.29) is 11.7 Å². The van der Waals surface area contributed by atoms with Crippen LogP contribution in [0.2, 0.25) is 0 Å². The molecule has 5 nitrogen and oxygen atoms in total. The first-order valence-electron chi connectivity index (χ1n) is 8.10. The van der Waals surface area contributed by atoms with Crippen LogP contribution in [0.4, 0.5) is 16.0 Å². The number of hydrogen-bond donors (Lipinski definition) is 0. The van der Waals surface area contributed by atoms with Gasteiger partial charge < -0.3 is 4.90 Å². The van der Waals surface area contributed by atoms with Crippen LogP contribution in [0.15, 0.2) is 42.5 Å². The fraction of sp³-hybridized carbons (Fsp3) is 0.211. The summed E-state index contributed by atoms with van der Waals surface area (Å²) in [5.74, 6) is 0.520. The number of aryl methyl sites for hydroxylation is 1. The number of likely N-dealkylation sites (N-methyl/N-ethyl adjacent to an activating group) is 1. The van der Waals surface area contributed by atoms with Crippen LogP contribution in [0.25, 0.3) is 11.0 Å². The number of amides is 1. The number of nitrogens with zero attached hydrogens (tertiary/aromatic N) is 4. The number of aromatic nitrogens is 2. The van der Waals surface area contributed by atoms with Crippen LogP contribution in [-0.2, 0) is 0 Å². The summed E-state index contributed by atoms with van der Waals surface area (Å²) in [6.45, 7) is 2.79. The van der Waals surface area contributed by atoms with E-state index in [0.717, 1.165) is 11.0 Å². The number of para-hydroxylation sites is 2. The SMILES string of the molecule is Cc1ccc(C(=O)N2CCN(C)c3nc4ccccc4nc32)cc1F. The van der Waals surface area contributed by atoms with E-state index >= 15 is 0 Å². The van der Waals surface area contributed by atoms with Crippen molar-refractivity contribution < 1.29 is 9.18 Å². The van der Waals surface area contributed by atoms with Crippen molar-refractivity contribution in [1.29, 1.82) is 0 Å². The summed E-state index contributed by atoms with van der Waals surface area (Å²) < 4.78 is 13.9. The second kappa shape index (κ2) is 5.81. The third-order valence-corrected chi connectivity index (χ3v) is 4.47. The Kier molecular flexibility index (Phi) is 3.60. The number of fused-ring (bicyclic) bond motifs is 2. The largest absolute Gasteiger partial charge is 0.355 e. The van der Waals surface area contributed by atoms with E-state index in [1.807, 2.05) is 36.2 Å². The lowest BCUT2D eigenvalue weighted by molar-refractivity contribution is 0.0985. The maximum Gasteiger partial charge on any atom is 0.259 e. The molecule has 6 heteroatoms. The van der Waals surface area contributed by atoms with Crippen LogP contribution in [0, 0.1) is 12.7 Å². The monoisotopic (exact) mass is 336 g/mol. The second-order valence-corrected chi connectivity index (χ2v) is 6.20. The molecule has 126 valence electrons. The van der Waals surface area contributed by atoms with Crippen molar-refractivity contribution in [3.8, 4) is 0 Å². The lowest BCUT2D eigenvalue weighted by atomic mass is 10.1. The number of benzene rings is 2. The molecule has 1 amide bonds. The van der Waals surface area contributed by atoms with Gasteiger partial charge in [0, 0.05) is 25.7 Å². The van der Waals surface area contributed by atoms with E-state index in [1.165, 1.54) is 6.07 Å². The van der Waals surface area contributed by atoms with E-state index in [9.17, 15) is 9.18 Å². The van der Waals surface area contributed by atoms with Gasteiger partial charge in [0.15, 0.2) is 11.6 Å². The molecule has 1 aliphatic rings. The van der Waals surface area contributed by atoms with Crippen molar-refractivity contribution >= 4 is 28.6 Å². The summed E-state index contributed by atoms with van der Waals surface area (Å²) in [6, 6.07) is 12.1. The molecule has 0 unspecified atom stereocenters. The van der Waals surface area contributed by atoms with E-state index in [4.69, 9.17) is 0 Å². The van der Waals surface area contributed by atoms with Gasteiger partial charge in [-0.15, -0.1) is 0 Å². The first kappa shape index (κ1) is 15.5. The van der Waals surface area contributed by atoms with E-state index in [2.05, 4.69) is 9.97 Å². The zero-order chi connectivity index (χ0) is 17.6. The minimum absolute atomic E-state index is 0.266. The summed E-state index contributed by atoms with van der Waals surface area (Å²) in [4.78, 5) is 25.8. The fourth-order valence-electron chi connectivity index (χ4n) is 2.96. The van der Waals surface area contributed by atoms with Crippen molar-refractivity contribution in [2.45, 2.75) is 6.92 Å². The molecule has 0 fully saturated rings. The molecule has 0 N–H and O–H groups in total. The second-order valence-electron chi connectivity index (χ2n) is 6.20. The molecule has 0 aliphatic carbocycles. The Hall–Kier alpha value is -3.02. The Bertz CT molecular complexity index is 988. The van der Waals surface area contributed by atoms with Crippen LogP contribution in [0.5, 0.6) is 0 Å². The van der Waals surface area contributed by atoms with Crippen LogP contribution in [-0.4, -0.2) is 36.0 Å². The van der Waals surface area contributed by atoms with Gasteiger partial charge in [-0.1, -0.05) is 18.2 Å². The molecule has 0 radical (unpaired) electrons. The van der Waals surface area contributed by atoms with Crippen molar-refractivity contribution in [3.05, 3.63) is 59.4 Å². The standard InChI is InChI=1S/C19H17FN4O/c1-12-7-8-13(11-14(12)20)19(25)24-10-9-23(2)17-18(24)22-16-6-4-3-5-15(16)21-17/h3-8,11H,9-10H2,1-2H3. The van der Waals surface area contributed by atoms with Gasteiger partial charge in [0.05, 0.1) is 11.0 Å². The molecule has 1 aromatic heterocycles. The molecule has 0 bridgehead atoms. The highest BCUT2D eigenvalue weighted by atomic mass is 19.1. The quantitative estimate of drug-likeness (QED) is 0.685. The third-order valence-electron chi connectivity index (χ3n) is 4.47. The zero-order valence-electron chi connectivity index (χ0n) is 14.0.